The minimum absolute atomic E-state index is 0.0170. The number of aryl methyl sites for hydroxylation is 2. The van der Waals surface area contributed by atoms with E-state index in [2.05, 4.69) is 9.97 Å². The van der Waals surface area contributed by atoms with Gasteiger partial charge >= 0.3 is 5.97 Å². The van der Waals surface area contributed by atoms with Gasteiger partial charge in [-0.1, -0.05) is 30.3 Å². The average Bonchev–Trinajstić information content (AvgIpc) is 3.55. The molecule has 8 nitrogen and oxygen atoms in total. The van der Waals surface area contributed by atoms with Crippen molar-refractivity contribution in [2.24, 2.45) is 7.05 Å². The van der Waals surface area contributed by atoms with Crippen LogP contribution in [0.3, 0.4) is 0 Å². The van der Waals surface area contributed by atoms with Gasteiger partial charge in [0.1, 0.15) is 29.9 Å². The molecule has 0 bridgehead atoms. The van der Waals surface area contributed by atoms with E-state index in [-0.39, 0.29) is 24.4 Å². The summed E-state index contributed by atoms with van der Waals surface area (Å²) in [5.41, 5.74) is 4.10. The lowest BCUT2D eigenvalue weighted by Crippen LogP contribution is -2.10. The Hall–Kier alpha value is -5.38. The van der Waals surface area contributed by atoms with Gasteiger partial charge in [0, 0.05) is 43.1 Å². The molecular formula is C33H27F2N5O3. The van der Waals surface area contributed by atoms with Crippen LogP contribution in [0, 0.1) is 18.6 Å². The zero-order valence-electron chi connectivity index (χ0n) is 23.5. The maximum Gasteiger partial charge on any atom is 0.335 e. The molecule has 1 N–H and O–H groups in total. The lowest BCUT2D eigenvalue weighted by Gasteiger charge is -2.11. The summed E-state index contributed by atoms with van der Waals surface area (Å²) in [5.74, 6) is -0.205. The van der Waals surface area contributed by atoms with E-state index in [0.29, 0.717) is 51.7 Å². The maximum atomic E-state index is 15.5. The van der Waals surface area contributed by atoms with Crippen molar-refractivity contribution in [1.82, 2.24) is 24.1 Å². The Balaban J connectivity index is 1.27. The van der Waals surface area contributed by atoms with E-state index < -0.39 is 11.8 Å². The number of fused-ring (bicyclic) bond motifs is 1. The Morgan fingerprint density at radius 1 is 0.930 bits per heavy atom. The lowest BCUT2D eigenvalue weighted by molar-refractivity contribution is 0.0697. The number of carboxylic acids is 1. The number of imidazole rings is 2. The molecule has 216 valence electrons. The van der Waals surface area contributed by atoms with Crippen molar-refractivity contribution in [1.29, 1.82) is 0 Å². The Morgan fingerprint density at radius 2 is 1.74 bits per heavy atom. The molecule has 0 spiro atoms. The number of halogens is 2. The Kier molecular flexibility index (Phi) is 7.41. The summed E-state index contributed by atoms with van der Waals surface area (Å²) in [5, 5.41) is 9.53. The molecule has 3 aromatic heterocycles. The van der Waals surface area contributed by atoms with Crippen LogP contribution in [0.2, 0.25) is 0 Å². The normalized spacial score (nSPS) is 11.3. The topological polar surface area (TPSA) is 95.1 Å². The van der Waals surface area contributed by atoms with Crippen molar-refractivity contribution in [3.63, 3.8) is 0 Å². The van der Waals surface area contributed by atoms with Crippen molar-refractivity contribution in [3.05, 3.63) is 131 Å². The summed E-state index contributed by atoms with van der Waals surface area (Å²) in [4.78, 5) is 25.3. The molecule has 0 aliphatic rings. The van der Waals surface area contributed by atoms with E-state index >= 15 is 4.39 Å². The number of aromatic carboxylic acids is 1. The summed E-state index contributed by atoms with van der Waals surface area (Å²) in [6.45, 7) is 2.17. The zero-order chi connectivity index (χ0) is 30.1. The van der Waals surface area contributed by atoms with Crippen LogP contribution < -0.4 is 4.74 Å². The van der Waals surface area contributed by atoms with Crippen LogP contribution in [0.15, 0.2) is 85.2 Å². The first-order chi connectivity index (χ1) is 20.7. The molecule has 3 heterocycles. The van der Waals surface area contributed by atoms with E-state index in [1.165, 1.54) is 18.2 Å². The van der Waals surface area contributed by atoms with Gasteiger partial charge in [0.25, 0.3) is 0 Å². The number of rotatable bonds is 9. The third kappa shape index (κ3) is 5.85. The molecule has 0 saturated heterocycles. The van der Waals surface area contributed by atoms with Crippen LogP contribution in [0.5, 0.6) is 5.88 Å². The number of benzene rings is 3. The molecule has 0 aliphatic carbocycles. The van der Waals surface area contributed by atoms with Gasteiger partial charge in [-0.15, -0.1) is 0 Å². The molecule has 0 amide bonds. The largest absolute Gasteiger partial charge is 0.478 e. The van der Waals surface area contributed by atoms with Crippen molar-refractivity contribution < 1.29 is 23.4 Å². The number of nitrogens with zero attached hydrogens (tertiary/aromatic N) is 5. The third-order valence-electron chi connectivity index (χ3n) is 7.30. The number of carbonyl (C=O) groups is 1. The Morgan fingerprint density at radius 3 is 2.49 bits per heavy atom. The van der Waals surface area contributed by atoms with Gasteiger partial charge in [0.05, 0.1) is 28.8 Å². The SMILES string of the molecule is Cc1ccc(COc2cccc(-c3ccc(Cc4nc5ccc(C(=O)O)cc5n4Cc4nccn4C)c(F)c3)n2)c(F)c1. The van der Waals surface area contributed by atoms with Crippen molar-refractivity contribution in [3.8, 4) is 17.1 Å². The second kappa shape index (κ2) is 11.5. The standard InChI is InChI=1S/C33H27F2N5O3/c1-20-6-7-24(25(34)14-20)19-43-32-5-3-4-27(38-32)22-9-8-21(26(35)15-22)17-30-37-28-11-10-23(33(41)42)16-29(28)40(30)18-31-36-12-13-39(31)2/h3-16H,17-19H2,1-2H3,(H,41,42). The Labute approximate surface area is 245 Å². The second-order valence-corrected chi connectivity index (χ2v) is 10.3. The fourth-order valence-corrected chi connectivity index (χ4v) is 4.90. The number of ether oxygens (including phenoxy) is 1. The van der Waals surface area contributed by atoms with Gasteiger partial charge in [-0.3, -0.25) is 0 Å². The number of pyridine rings is 1. The average molecular weight is 580 g/mol. The molecule has 0 radical (unpaired) electrons. The van der Waals surface area contributed by atoms with E-state index in [1.54, 1.807) is 54.7 Å². The highest BCUT2D eigenvalue weighted by atomic mass is 19.1. The zero-order valence-corrected chi connectivity index (χ0v) is 23.5. The molecule has 0 saturated carbocycles. The van der Waals surface area contributed by atoms with E-state index in [0.717, 1.165) is 11.4 Å². The van der Waals surface area contributed by atoms with Gasteiger partial charge in [-0.25, -0.2) is 28.5 Å². The highest BCUT2D eigenvalue weighted by Gasteiger charge is 2.18. The number of hydrogen-bond donors (Lipinski definition) is 1. The van der Waals surface area contributed by atoms with Gasteiger partial charge in [-0.2, -0.15) is 0 Å². The third-order valence-corrected chi connectivity index (χ3v) is 7.30. The number of aromatic nitrogens is 5. The molecule has 6 aromatic rings. The van der Waals surface area contributed by atoms with E-state index in [4.69, 9.17) is 9.72 Å². The minimum Gasteiger partial charge on any atom is -0.478 e. The highest BCUT2D eigenvalue weighted by Crippen LogP contribution is 2.26. The molecule has 6 rings (SSSR count). The van der Waals surface area contributed by atoms with Gasteiger partial charge in [-0.05, 0) is 54.4 Å². The molecule has 0 aliphatic heterocycles. The summed E-state index contributed by atoms with van der Waals surface area (Å²) in [6.07, 6.45) is 3.68. The van der Waals surface area contributed by atoms with Crippen molar-refractivity contribution in [2.45, 2.75) is 26.5 Å². The van der Waals surface area contributed by atoms with Gasteiger partial charge in [0.15, 0.2) is 0 Å². The predicted molar refractivity (Wildman–Crippen MR) is 157 cm³/mol. The quantitative estimate of drug-likeness (QED) is 0.215. The molecule has 0 unspecified atom stereocenters. The van der Waals surface area contributed by atoms with Gasteiger partial charge in [0.2, 0.25) is 5.88 Å². The van der Waals surface area contributed by atoms with Crippen LogP contribution in [0.1, 0.15) is 38.7 Å². The molecule has 43 heavy (non-hydrogen) atoms. The molecule has 0 fully saturated rings. The first kappa shape index (κ1) is 27.8. The second-order valence-electron chi connectivity index (χ2n) is 10.3. The van der Waals surface area contributed by atoms with Crippen LogP contribution >= 0.6 is 0 Å². The monoisotopic (exact) mass is 579 g/mol. The molecule has 10 heteroatoms. The van der Waals surface area contributed by atoms with Crippen LogP contribution in [0.4, 0.5) is 8.78 Å². The smallest absolute Gasteiger partial charge is 0.335 e. The Bertz CT molecular complexity index is 1980. The van der Waals surface area contributed by atoms with E-state index in [9.17, 15) is 14.3 Å². The van der Waals surface area contributed by atoms with E-state index in [1.807, 2.05) is 35.4 Å². The molecule has 3 aromatic carbocycles. The summed E-state index contributed by atoms with van der Waals surface area (Å²) in [6, 6.07) is 19.7. The van der Waals surface area contributed by atoms with Gasteiger partial charge < -0.3 is 19.0 Å². The first-order valence-corrected chi connectivity index (χ1v) is 13.6. The fourth-order valence-electron chi connectivity index (χ4n) is 4.90. The first-order valence-electron chi connectivity index (χ1n) is 13.6. The fraction of sp³-hybridized carbons (Fsp3) is 0.152. The number of carboxylic acid groups (broad SMARTS) is 1. The summed E-state index contributed by atoms with van der Waals surface area (Å²) in [7, 11) is 1.87. The lowest BCUT2D eigenvalue weighted by atomic mass is 10.1. The summed E-state index contributed by atoms with van der Waals surface area (Å²) < 4.78 is 39.2. The van der Waals surface area contributed by atoms with Crippen molar-refractivity contribution in [2.75, 3.05) is 0 Å². The minimum atomic E-state index is -1.04. The maximum absolute atomic E-state index is 15.5. The summed E-state index contributed by atoms with van der Waals surface area (Å²) >= 11 is 0. The van der Waals surface area contributed by atoms with Crippen LogP contribution in [-0.4, -0.2) is 35.2 Å². The molecule has 0 atom stereocenters. The highest BCUT2D eigenvalue weighted by molar-refractivity contribution is 5.92. The predicted octanol–water partition coefficient (Wildman–Crippen LogP) is 6.33. The van der Waals surface area contributed by atoms with Crippen LogP contribution in [0.25, 0.3) is 22.3 Å². The van der Waals surface area contributed by atoms with Crippen molar-refractivity contribution >= 4 is 17.0 Å². The van der Waals surface area contributed by atoms with Crippen LogP contribution in [-0.2, 0) is 26.6 Å². The molecular weight excluding hydrogens is 552 g/mol. The number of hydrogen-bond acceptors (Lipinski definition) is 5.